The van der Waals surface area contributed by atoms with Gasteiger partial charge in [0.1, 0.15) is 23.4 Å². The highest BCUT2D eigenvalue weighted by Crippen LogP contribution is 2.51. The molecule has 0 spiro atoms. The second-order valence-corrected chi connectivity index (χ2v) is 11.4. The molecule has 0 fully saturated rings. The summed E-state index contributed by atoms with van der Waals surface area (Å²) in [5, 5.41) is 34.5. The van der Waals surface area contributed by atoms with Crippen molar-refractivity contribution in [1.82, 2.24) is 10.2 Å². The topological polar surface area (TPSA) is 159 Å². The van der Waals surface area contributed by atoms with Crippen molar-refractivity contribution in [2.45, 2.75) is 44.2 Å². The quantitative estimate of drug-likeness (QED) is 0.205. The SMILES string of the molecule is COc1cc(CO)cc2c1O[C@@H]1[C@@H](O)[C@H](N(Cc3ccc(C)cc3)C(=O)c3cc4ccccc4oc3=O)C=C(C(=O)NCCO)[C@H]21. The largest absolute Gasteiger partial charge is 0.493 e. The summed E-state index contributed by atoms with van der Waals surface area (Å²) in [6.45, 7) is 1.29. The van der Waals surface area contributed by atoms with Crippen LogP contribution in [-0.4, -0.2) is 70.5 Å². The average molecular weight is 627 g/mol. The number of methoxy groups -OCH3 is 1. The minimum absolute atomic E-state index is 0.0164. The van der Waals surface area contributed by atoms with Crippen LogP contribution in [-0.2, 0) is 17.9 Å². The van der Waals surface area contributed by atoms with Crippen LogP contribution in [0, 0.1) is 6.92 Å². The molecular weight excluding hydrogens is 592 g/mol. The van der Waals surface area contributed by atoms with E-state index in [-0.39, 0.29) is 37.4 Å². The molecule has 0 unspecified atom stereocenters. The standard InChI is InChI=1S/C35H34N2O9/c1-19-7-9-20(10-8-19)17-37(34(42)25-15-22-5-3-4-6-27(22)45-35(25)43)26-16-24(33(41)36-11-12-38)29-23-13-21(18-39)14-28(44-2)31(23)46-32(29)30(26)40/h3-10,13-16,26,29-30,32,38-40H,11-12,17-18H2,1-2H3,(H,36,41)/t26-,29+,30+,32+/m1/s1. The first-order valence-electron chi connectivity index (χ1n) is 14.9. The van der Waals surface area contributed by atoms with Crippen LogP contribution in [0.3, 0.4) is 0 Å². The first-order chi connectivity index (χ1) is 22.2. The first-order valence-corrected chi connectivity index (χ1v) is 14.9. The van der Waals surface area contributed by atoms with Crippen LogP contribution in [0.1, 0.15) is 38.5 Å². The van der Waals surface area contributed by atoms with Crippen molar-refractivity contribution in [3.63, 3.8) is 0 Å². The van der Waals surface area contributed by atoms with Crippen LogP contribution in [0.4, 0.5) is 0 Å². The van der Waals surface area contributed by atoms with Crippen molar-refractivity contribution < 1.29 is 38.8 Å². The van der Waals surface area contributed by atoms with E-state index in [4.69, 9.17) is 13.9 Å². The molecule has 0 saturated heterocycles. The van der Waals surface area contributed by atoms with Crippen molar-refractivity contribution in [3.05, 3.63) is 117 Å². The number of hydrogen-bond acceptors (Lipinski definition) is 9. The lowest BCUT2D eigenvalue weighted by molar-refractivity contribution is -0.118. The Labute approximate surface area is 264 Å². The molecule has 2 heterocycles. The molecule has 0 radical (unpaired) electrons. The predicted molar refractivity (Wildman–Crippen MR) is 168 cm³/mol. The molecule has 1 aromatic heterocycles. The highest BCUT2D eigenvalue weighted by atomic mass is 16.5. The number of fused-ring (bicyclic) bond motifs is 4. The first kappa shape index (κ1) is 31.0. The van der Waals surface area contributed by atoms with E-state index < -0.39 is 41.6 Å². The Balaban J connectivity index is 1.50. The van der Waals surface area contributed by atoms with Crippen LogP contribution in [0.15, 0.2) is 87.6 Å². The molecule has 0 saturated carbocycles. The predicted octanol–water partition coefficient (Wildman–Crippen LogP) is 2.57. The van der Waals surface area contributed by atoms with Crippen LogP contribution in [0.25, 0.3) is 11.0 Å². The number of nitrogens with one attached hydrogen (secondary N) is 1. The van der Waals surface area contributed by atoms with Crippen molar-refractivity contribution in [3.8, 4) is 11.5 Å². The summed E-state index contributed by atoms with van der Waals surface area (Å²) in [7, 11) is 1.45. The zero-order chi connectivity index (χ0) is 32.5. The summed E-state index contributed by atoms with van der Waals surface area (Å²) in [6, 6.07) is 17.9. The number of carbonyl (C=O) groups excluding carboxylic acids is 2. The lowest BCUT2D eigenvalue weighted by atomic mass is 9.77. The van der Waals surface area contributed by atoms with Gasteiger partial charge < -0.3 is 39.4 Å². The van der Waals surface area contributed by atoms with Gasteiger partial charge in [-0.2, -0.15) is 0 Å². The Morgan fingerprint density at radius 1 is 1.02 bits per heavy atom. The second kappa shape index (κ2) is 12.8. The smallest absolute Gasteiger partial charge is 0.349 e. The molecule has 4 N–H and O–H groups in total. The molecule has 11 heteroatoms. The Kier molecular flexibility index (Phi) is 8.63. The maximum absolute atomic E-state index is 14.4. The fourth-order valence-electron chi connectivity index (χ4n) is 6.19. The van der Waals surface area contributed by atoms with E-state index in [0.717, 1.165) is 11.1 Å². The lowest BCUT2D eigenvalue weighted by Gasteiger charge is -2.40. The number of benzene rings is 3. The van der Waals surface area contributed by atoms with E-state index in [1.165, 1.54) is 24.2 Å². The summed E-state index contributed by atoms with van der Waals surface area (Å²) in [5.74, 6) is -1.40. The Morgan fingerprint density at radius 3 is 2.50 bits per heavy atom. The molecule has 1 aliphatic heterocycles. The molecule has 3 aromatic carbocycles. The van der Waals surface area contributed by atoms with Gasteiger partial charge in [-0.3, -0.25) is 9.59 Å². The summed E-state index contributed by atoms with van der Waals surface area (Å²) < 4.78 is 17.3. The van der Waals surface area contributed by atoms with Gasteiger partial charge in [0.25, 0.3) is 5.91 Å². The van der Waals surface area contributed by atoms with Crippen LogP contribution >= 0.6 is 0 Å². The third-order valence-electron chi connectivity index (χ3n) is 8.46. The number of amides is 2. The number of nitrogens with zero attached hydrogens (tertiary/aromatic N) is 1. The number of aliphatic hydroxyl groups excluding tert-OH is 3. The third kappa shape index (κ3) is 5.64. The fraction of sp³-hybridized carbons (Fsp3) is 0.286. The monoisotopic (exact) mass is 626 g/mol. The van der Waals surface area contributed by atoms with Crippen molar-refractivity contribution >= 4 is 22.8 Å². The number of aryl methyl sites for hydroxylation is 1. The molecule has 6 rings (SSSR count). The summed E-state index contributed by atoms with van der Waals surface area (Å²) >= 11 is 0. The van der Waals surface area contributed by atoms with Gasteiger partial charge in [0.2, 0.25) is 5.91 Å². The number of rotatable bonds is 9. The molecule has 46 heavy (non-hydrogen) atoms. The molecule has 2 aliphatic rings. The van der Waals surface area contributed by atoms with Gasteiger partial charge in [0, 0.05) is 29.6 Å². The molecule has 0 bridgehead atoms. The Bertz CT molecular complexity index is 1880. The number of ether oxygens (including phenoxy) is 2. The minimum atomic E-state index is -1.36. The van der Waals surface area contributed by atoms with Crippen molar-refractivity contribution in [2.75, 3.05) is 20.3 Å². The maximum atomic E-state index is 14.4. The van der Waals surface area contributed by atoms with Gasteiger partial charge >= 0.3 is 5.63 Å². The maximum Gasteiger partial charge on any atom is 0.349 e. The summed E-state index contributed by atoms with van der Waals surface area (Å²) in [4.78, 5) is 42.5. The van der Waals surface area contributed by atoms with Crippen molar-refractivity contribution in [1.29, 1.82) is 0 Å². The van der Waals surface area contributed by atoms with Gasteiger partial charge in [-0.25, -0.2) is 4.79 Å². The molecule has 4 atom stereocenters. The van der Waals surface area contributed by atoms with Crippen LogP contribution < -0.4 is 20.4 Å². The van der Waals surface area contributed by atoms with E-state index in [1.807, 2.05) is 31.2 Å². The van der Waals surface area contributed by atoms with Gasteiger partial charge in [0.05, 0.1) is 32.3 Å². The van der Waals surface area contributed by atoms with E-state index in [2.05, 4.69) is 5.32 Å². The highest BCUT2D eigenvalue weighted by Gasteiger charge is 2.51. The highest BCUT2D eigenvalue weighted by molar-refractivity contribution is 5.98. The molecule has 2 amide bonds. The zero-order valence-corrected chi connectivity index (χ0v) is 25.3. The lowest BCUT2D eigenvalue weighted by Crippen LogP contribution is -2.55. The normalized spacial score (nSPS) is 19.9. The zero-order valence-electron chi connectivity index (χ0n) is 25.3. The Hall–Kier alpha value is -4.97. The molecule has 1 aliphatic carbocycles. The summed E-state index contributed by atoms with van der Waals surface area (Å²) in [5.41, 5.74) is 2.23. The minimum Gasteiger partial charge on any atom is -0.493 e. The molecule has 4 aromatic rings. The number of para-hydroxylation sites is 1. The second-order valence-electron chi connectivity index (χ2n) is 11.4. The molecule has 11 nitrogen and oxygen atoms in total. The van der Waals surface area contributed by atoms with Crippen LogP contribution in [0.2, 0.25) is 0 Å². The van der Waals surface area contributed by atoms with E-state index in [0.29, 0.717) is 33.6 Å². The fourth-order valence-corrected chi connectivity index (χ4v) is 6.19. The number of aliphatic hydroxyl groups is 3. The van der Waals surface area contributed by atoms with Gasteiger partial charge in [0.15, 0.2) is 11.5 Å². The van der Waals surface area contributed by atoms with E-state index >= 15 is 0 Å². The van der Waals surface area contributed by atoms with E-state index in [9.17, 15) is 29.7 Å². The summed E-state index contributed by atoms with van der Waals surface area (Å²) in [6.07, 6.45) is -0.885. The average Bonchev–Trinajstić information content (AvgIpc) is 3.46. The van der Waals surface area contributed by atoms with E-state index in [1.54, 1.807) is 36.4 Å². The Morgan fingerprint density at radius 2 is 1.78 bits per heavy atom. The van der Waals surface area contributed by atoms with Gasteiger partial charge in [-0.05, 0) is 48.4 Å². The number of hydrogen-bond donors (Lipinski definition) is 4. The third-order valence-corrected chi connectivity index (χ3v) is 8.46. The number of carbonyl (C=O) groups is 2. The van der Waals surface area contributed by atoms with Crippen LogP contribution in [0.5, 0.6) is 11.5 Å². The van der Waals surface area contributed by atoms with Gasteiger partial charge in [-0.1, -0.05) is 48.0 Å². The molecule has 238 valence electrons. The molecular formula is C35H34N2O9. The van der Waals surface area contributed by atoms with Crippen molar-refractivity contribution in [2.24, 2.45) is 0 Å². The van der Waals surface area contributed by atoms with Gasteiger partial charge in [-0.15, -0.1) is 0 Å².